The Kier molecular flexibility index (Phi) is 6.72. The van der Waals surface area contributed by atoms with Gasteiger partial charge >= 0.3 is 11.9 Å². The summed E-state index contributed by atoms with van der Waals surface area (Å²) in [6, 6.07) is 15.0. The maximum Gasteiger partial charge on any atom is 0.314 e. The Bertz CT molecular complexity index is 967. The Hall–Kier alpha value is -3.35. The van der Waals surface area contributed by atoms with E-state index in [0.717, 1.165) is 16.7 Å². The summed E-state index contributed by atoms with van der Waals surface area (Å²) in [5.41, 5.74) is 1.78. The summed E-state index contributed by atoms with van der Waals surface area (Å²) >= 11 is 0. The first-order valence-corrected chi connectivity index (χ1v) is 9.74. The molecule has 0 unspecified atom stereocenters. The minimum atomic E-state index is -0.629. The van der Waals surface area contributed by atoms with Gasteiger partial charge in [-0.2, -0.15) is 0 Å². The van der Waals surface area contributed by atoms with Gasteiger partial charge in [-0.1, -0.05) is 12.1 Å². The second-order valence-corrected chi connectivity index (χ2v) is 7.78. The molecule has 0 aliphatic heterocycles. The van der Waals surface area contributed by atoms with Crippen molar-refractivity contribution in [3.05, 3.63) is 48.5 Å². The number of nitrogens with zero attached hydrogens (tertiary/aromatic N) is 1. The van der Waals surface area contributed by atoms with Crippen molar-refractivity contribution in [1.29, 1.82) is 0 Å². The van der Waals surface area contributed by atoms with Crippen molar-refractivity contribution in [2.75, 3.05) is 13.4 Å². The van der Waals surface area contributed by atoms with Crippen LogP contribution < -0.4 is 4.74 Å². The molecule has 30 heavy (non-hydrogen) atoms. The topological polar surface area (TPSA) is 87.9 Å². The van der Waals surface area contributed by atoms with E-state index in [9.17, 15) is 9.59 Å². The molecule has 1 aromatic heterocycles. The van der Waals surface area contributed by atoms with Crippen LogP contribution in [-0.4, -0.2) is 30.3 Å². The van der Waals surface area contributed by atoms with Crippen LogP contribution in [0.15, 0.2) is 52.9 Å². The van der Waals surface area contributed by atoms with Crippen molar-refractivity contribution in [2.24, 2.45) is 5.41 Å². The monoisotopic (exact) mass is 411 g/mol. The Labute approximate surface area is 174 Å². The lowest BCUT2D eigenvalue weighted by molar-refractivity contribution is -0.173. The summed E-state index contributed by atoms with van der Waals surface area (Å²) in [6.45, 7) is 5.18. The fourth-order valence-corrected chi connectivity index (χ4v) is 2.53. The lowest BCUT2D eigenvalue weighted by atomic mass is 9.98. The Morgan fingerprint density at radius 1 is 1.00 bits per heavy atom. The molecule has 0 amide bonds. The number of ether oxygens (including phenoxy) is 3. The molecule has 0 fully saturated rings. The highest BCUT2D eigenvalue weighted by atomic mass is 16.7. The summed E-state index contributed by atoms with van der Waals surface area (Å²) in [5, 5.41) is 0. The predicted molar refractivity (Wildman–Crippen MR) is 111 cm³/mol. The summed E-state index contributed by atoms with van der Waals surface area (Å²) in [6.07, 6.45) is 0.660. The number of aromatic nitrogens is 1. The molecule has 0 bridgehead atoms. The van der Waals surface area contributed by atoms with Crippen LogP contribution in [0.5, 0.6) is 5.75 Å². The third kappa shape index (κ3) is 5.83. The minimum Gasteiger partial charge on any atom is -0.494 e. The van der Waals surface area contributed by atoms with Crippen LogP contribution in [-0.2, 0) is 19.1 Å². The number of para-hydroxylation sites is 2. The Morgan fingerprint density at radius 3 is 2.43 bits per heavy atom. The molecule has 0 aliphatic carbocycles. The number of oxazole rings is 1. The highest BCUT2D eigenvalue weighted by Crippen LogP contribution is 2.25. The first-order valence-electron chi connectivity index (χ1n) is 9.74. The third-order valence-corrected chi connectivity index (χ3v) is 4.21. The van der Waals surface area contributed by atoms with Gasteiger partial charge in [-0.25, -0.2) is 4.98 Å². The van der Waals surface area contributed by atoms with E-state index in [0.29, 0.717) is 24.7 Å². The molecular weight excluding hydrogens is 386 g/mol. The molecular formula is C23H25NO6. The van der Waals surface area contributed by atoms with Gasteiger partial charge in [0.15, 0.2) is 5.58 Å². The Balaban J connectivity index is 1.38. The third-order valence-electron chi connectivity index (χ3n) is 4.21. The van der Waals surface area contributed by atoms with E-state index >= 15 is 0 Å². The molecule has 3 aromatic rings. The number of rotatable bonds is 8. The van der Waals surface area contributed by atoms with E-state index in [1.54, 1.807) is 20.8 Å². The molecule has 7 nitrogen and oxygen atoms in total. The fourth-order valence-electron chi connectivity index (χ4n) is 2.53. The second-order valence-electron chi connectivity index (χ2n) is 7.78. The normalized spacial score (nSPS) is 11.3. The van der Waals surface area contributed by atoms with Crippen LogP contribution in [0.3, 0.4) is 0 Å². The summed E-state index contributed by atoms with van der Waals surface area (Å²) < 4.78 is 21.2. The van der Waals surface area contributed by atoms with Crippen molar-refractivity contribution in [2.45, 2.75) is 33.6 Å². The van der Waals surface area contributed by atoms with Gasteiger partial charge in [0.1, 0.15) is 11.3 Å². The first kappa shape index (κ1) is 21.4. The lowest BCUT2D eigenvalue weighted by Gasteiger charge is -2.16. The van der Waals surface area contributed by atoms with Crippen molar-refractivity contribution in [3.63, 3.8) is 0 Å². The molecule has 2 aromatic carbocycles. The van der Waals surface area contributed by atoms with E-state index in [1.165, 1.54) is 0 Å². The highest BCUT2D eigenvalue weighted by Gasteiger charge is 2.23. The van der Waals surface area contributed by atoms with Crippen LogP contribution in [0.25, 0.3) is 22.6 Å². The summed E-state index contributed by atoms with van der Waals surface area (Å²) in [4.78, 5) is 27.7. The van der Waals surface area contributed by atoms with Crippen LogP contribution >= 0.6 is 0 Å². The predicted octanol–water partition coefficient (Wildman–Crippen LogP) is 4.74. The molecule has 3 rings (SSSR count). The molecule has 158 valence electrons. The average Bonchev–Trinajstić information content (AvgIpc) is 3.15. The molecule has 1 heterocycles. The standard InChI is InChI=1S/C23H25NO6/c1-23(2,3)22(26)29-15-28-20(25)9-6-14-27-17-12-10-16(11-13-17)21-24-18-7-4-5-8-19(18)30-21/h4-5,7-8,10-13H,6,9,14-15H2,1-3H3. The number of esters is 2. The van der Waals surface area contributed by atoms with Gasteiger partial charge in [0.2, 0.25) is 12.7 Å². The van der Waals surface area contributed by atoms with Crippen molar-refractivity contribution in [1.82, 2.24) is 4.98 Å². The molecule has 0 atom stereocenters. The van der Waals surface area contributed by atoms with Crippen molar-refractivity contribution >= 4 is 23.0 Å². The minimum absolute atomic E-state index is 0.175. The van der Waals surface area contributed by atoms with Crippen LogP contribution in [0.1, 0.15) is 33.6 Å². The SMILES string of the molecule is CC(C)(C)C(=O)OCOC(=O)CCCOc1ccc(-c2nc3ccccc3o2)cc1. The quantitative estimate of drug-likeness (QED) is 0.300. The summed E-state index contributed by atoms with van der Waals surface area (Å²) in [7, 11) is 0. The molecule has 0 saturated heterocycles. The van der Waals surface area contributed by atoms with Crippen molar-refractivity contribution in [3.8, 4) is 17.2 Å². The number of hydrogen-bond donors (Lipinski definition) is 0. The zero-order valence-corrected chi connectivity index (χ0v) is 17.3. The molecule has 0 N–H and O–H groups in total. The van der Waals surface area contributed by atoms with Gasteiger partial charge in [0.05, 0.1) is 12.0 Å². The zero-order valence-electron chi connectivity index (χ0n) is 17.3. The number of carbonyl (C=O) groups is 2. The average molecular weight is 411 g/mol. The van der Waals surface area contributed by atoms with Gasteiger partial charge < -0.3 is 18.6 Å². The molecule has 0 radical (unpaired) electrons. The zero-order chi connectivity index (χ0) is 21.6. The number of carbonyl (C=O) groups excluding carboxylic acids is 2. The van der Waals surface area contributed by atoms with E-state index in [1.807, 2.05) is 48.5 Å². The van der Waals surface area contributed by atoms with Crippen LogP contribution in [0, 0.1) is 5.41 Å². The molecule has 0 saturated carbocycles. The first-order chi connectivity index (χ1) is 14.3. The lowest BCUT2D eigenvalue weighted by Crippen LogP contribution is -2.24. The smallest absolute Gasteiger partial charge is 0.314 e. The maximum atomic E-state index is 11.7. The number of benzene rings is 2. The van der Waals surface area contributed by atoms with Crippen molar-refractivity contribution < 1.29 is 28.2 Å². The largest absolute Gasteiger partial charge is 0.494 e. The molecule has 7 heteroatoms. The molecule has 0 aliphatic rings. The molecule has 0 spiro atoms. The Morgan fingerprint density at radius 2 is 1.73 bits per heavy atom. The fraction of sp³-hybridized carbons (Fsp3) is 0.348. The van der Waals surface area contributed by atoms with E-state index in [4.69, 9.17) is 18.6 Å². The second kappa shape index (κ2) is 9.43. The van der Waals surface area contributed by atoms with Gasteiger partial charge in [-0.15, -0.1) is 0 Å². The van der Waals surface area contributed by atoms with E-state index in [2.05, 4.69) is 4.98 Å². The number of hydrogen-bond acceptors (Lipinski definition) is 7. The maximum absolute atomic E-state index is 11.7. The van der Waals surface area contributed by atoms with Gasteiger partial charge in [-0.3, -0.25) is 9.59 Å². The van der Waals surface area contributed by atoms with Gasteiger partial charge in [0, 0.05) is 12.0 Å². The number of fused-ring (bicyclic) bond motifs is 1. The summed E-state index contributed by atoms with van der Waals surface area (Å²) in [5.74, 6) is 0.381. The van der Waals surface area contributed by atoms with Gasteiger partial charge in [0.25, 0.3) is 0 Å². The highest BCUT2D eigenvalue weighted by molar-refractivity contribution is 5.76. The van der Waals surface area contributed by atoms with E-state index < -0.39 is 17.4 Å². The van der Waals surface area contributed by atoms with E-state index in [-0.39, 0.29) is 13.2 Å². The van der Waals surface area contributed by atoms with Gasteiger partial charge in [-0.05, 0) is 63.6 Å². The van der Waals surface area contributed by atoms with Crippen LogP contribution in [0.2, 0.25) is 0 Å². The van der Waals surface area contributed by atoms with Crippen LogP contribution in [0.4, 0.5) is 0 Å².